The number of nitrogens with zero attached hydrogens (tertiary/aromatic N) is 4. The van der Waals surface area contributed by atoms with E-state index in [9.17, 15) is 0 Å². The summed E-state index contributed by atoms with van der Waals surface area (Å²) in [6, 6.07) is 103. The molecule has 0 saturated heterocycles. The maximum Gasteiger partial charge on any atom is 0.329 e. The summed E-state index contributed by atoms with van der Waals surface area (Å²) < 4.78 is 0. The second-order valence-corrected chi connectivity index (χ2v) is 21.8. The summed E-state index contributed by atoms with van der Waals surface area (Å²) in [6.07, 6.45) is 0. The molecule has 0 aromatic heterocycles. The molecule has 12 aromatic carbocycles. The average Bonchev–Trinajstić information content (AvgIpc) is 3.59. The van der Waals surface area contributed by atoms with E-state index in [0.29, 0.717) is 0 Å². The molecule has 0 atom stereocenters. The van der Waals surface area contributed by atoms with Gasteiger partial charge in [-0.05, 0) is 139 Å². The molecule has 6 aliphatic rings. The molecule has 79 heavy (non-hydrogen) atoms. The highest BCUT2D eigenvalue weighted by Gasteiger charge is 2.46. The van der Waals surface area contributed by atoms with Gasteiger partial charge in [-0.25, -0.2) is 0 Å². The van der Waals surface area contributed by atoms with Crippen molar-refractivity contribution in [1.82, 2.24) is 0 Å². The van der Waals surface area contributed by atoms with Gasteiger partial charge in [-0.2, -0.15) is 0 Å². The molecular formula is C72H45B3N4. The first-order valence-electron chi connectivity index (χ1n) is 27.7. The van der Waals surface area contributed by atoms with Crippen LogP contribution in [0.3, 0.4) is 0 Å². The Morgan fingerprint density at radius 2 is 0.418 bits per heavy atom. The first kappa shape index (κ1) is 43.2. The van der Waals surface area contributed by atoms with Gasteiger partial charge in [0.2, 0.25) is 0 Å². The Hall–Kier alpha value is -9.97. The van der Waals surface area contributed by atoms with E-state index in [0.717, 1.165) is 17.1 Å². The lowest BCUT2D eigenvalue weighted by molar-refractivity contribution is 1.26. The van der Waals surface area contributed by atoms with Gasteiger partial charge in [-0.15, -0.1) is 0 Å². The molecule has 0 radical (unpaired) electrons. The first-order chi connectivity index (χ1) is 39.2. The lowest BCUT2D eigenvalue weighted by Gasteiger charge is -2.44. The van der Waals surface area contributed by atoms with E-state index in [2.05, 4.69) is 292 Å². The molecule has 0 bridgehead atoms. The van der Waals surface area contributed by atoms with Crippen molar-refractivity contribution in [2.75, 3.05) is 19.3 Å². The predicted octanol–water partition coefficient (Wildman–Crippen LogP) is 13.9. The Labute approximate surface area is 461 Å². The van der Waals surface area contributed by atoms with Gasteiger partial charge < -0.3 is 19.3 Å². The van der Waals surface area contributed by atoms with Crippen molar-refractivity contribution in [2.45, 2.75) is 0 Å². The predicted molar refractivity (Wildman–Crippen MR) is 335 cm³/mol. The van der Waals surface area contributed by atoms with Gasteiger partial charge in [0, 0.05) is 84.6 Å². The number of fused-ring (bicyclic) bond motifs is 33. The van der Waals surface area contributed by atoms with Gasteiger partial charge >= 0.3 is 20.5 Å². The monoisotopic (exact) mass is 998 g/mol. The summed E-state index contributed by atoms with van der Waals surface area (Å²) in [6.45, 7) is 0.0608. The van der Waals surface area contributed by atoms with E-state index in [-0.39, 0.29) is 20.5 Å². The van der Waals surface area contributed by atoms with Crippen LogP contribution in [-0.2, 0) is 0 Å². The lowest BCUT2D eigenvalue weighted by atomic mass is 9.43. The molecule has 4 nitrogen and oxygen atoms in total. The quantitative estimate of drug-likeness (QED) is 0.164. The third kappa shape index (κ3) is 5.91. The number of hydrogen-bond donors (Lipinski definition) is 0. The molecule has 0 N–H and O–H groups in total. The zero-order valence-electron chi connectivity index (χ0n) is 43.0. The van der Waals surface area contributed by atoms with E-state index in [1.807, 2.05) is 0 Å². The molecule has 0 saturated carbocycles. The summed E-state index contributed by atoms with van der Waals surface area (Å²) in [7, 11) is 0. The van der Waals surface area contributed by atoms with Crippen LogP contribution in [0.2, 0.25) is 0 Å². The standard InChI is InChI=1S/C72H45B3N4/c1-10-28-61-49(19-1)55-25-7-16-34-68(55)78-71-41-38-47(44-59(71)52-22-4-13-31-64(52)73(61)78)76(46-37-40-66-58(43-46)57-27-9-18-36-70(57)77-67-33-15-6-24-54(67)51-21-3-12-30-63(51)75(66)77)48-39-42-72-60(45-48)53-23-5-14-32-65(53)74-62-29-11-2-20-50(62)56-26-8-17-35-69(56)79(72)74/h1-45H. The molecule has 7 heteroatoms. The number of para-hydroxylation sites is 4. The minimum absolute atomic E-state index is 0.00464. The van der Waals surface area contributed by atoms with Crippen LogP contribution in [0.1, 0.15) is 0 Å². The number of benzene rings is 12. The molecule has 0 fully saturated rings. The maximum absolute atomic E-state index is 2.60. The summed E-state index contributed by atoms with van der Waals surface area (Å²) in [5, 5.41) is 0. The summed E-state index contributed by atoms with van der Waals surface area (Å²) >= 11 is 0. The van der Waals surface area contributed by atoms with Crippen molar-refractivity contribution >= 4 is 105 Å². The molecule has 0 amide bonds. The minimum Gasteiger partial charge on any atom is -0.376 e. The number of anilines is 9. The zero-order chi connectivity index (χ0) is 51.4. The van der Waals surface area contributed by atoms with Crippen molar-refractivity contribution in [3.05, 3.63) is 273 Å². The van der Waals surface area contributed by atoms with Crippen LogP contribution in [-0.4, -0.2) is 20.5 Å². The van der Waals surface area contributed by atoms with Gasteiger partial charge in [0.1, 0.15) is 0 Å². The number of rotatable bonds is 3. The van der Waals surface area contributed by atoms with Gasteiger partial charge in [0.15, 0.2) is 0 Å². The van der Waals surface area contributed by atoms with E-state index >= 15 is 0 Å². The summed E-state index contributed by atoms with van der Waals surface area (Å²) in [5.41, 5.74) is 33.7. The fraction of sp³-hybridized carbons (Fsp3) is 0. The van der Waals surface area contributed by atoms with Crippen molar-refractivity contribution in [3.8, 4) is 66.8 Å². The second kappa shape index (κ2) is 16.3. The Morgan fingerprint density at radius 3 is 0.759 bits per heavy atom. The summed E-state index contributed by atoms with van der Waals surface area (Å²) in [4.78, 5) is 10.3. The largest absolute Gasteiger partial charge is 0.376 e. The van der Waals surface area contributed by atoms with Gasteiger partial charge in [-0.3, -0.25) is 0 Å². The van der Waals surface area contributed by atoms with Crippen LogP contribution in [0.25, 0.3) is 66.8 Å². The molecule has 18 rings (SSSR count). The van der Waals surface area contributed by atoms with Crippen LogP contribution in [0.15, 0.2) is 273 Å². The zero-order valence-corrected chi connectivity index (χ0v) is 43.0. The maximum atomic E-state index is 2.60. The molecule has 0 aliphatic carbocycles. The molecule has 0 spiro atoms. The smallest absolute Gasteiger partial charge is 0.329 e. The fourth-order valence-electron chi connectivity index (χ4n) is 14.9. The van der Waals surface area contributed by atoms with Crippen molar-refractivity contribution in [2.24, 2.45) is 0 Å². The van der Waals surface area contributed by atoms with Crippen LogP contribution in [0.4, 0.5) is 51.2 Å². The lowest BCUT2D eigenvalue weighted by Crippen LogP contribution is -2.59. The van der Waals surface area contributed by atoms with Gasteiger partial charge in [0.25, 0.3) is 0 Å². The molecule has 12 aromatic rings. The number of hydrogen-bond acceptors (Lipinski definition) is 4. The third-order valence-electron chi connectivity index (χ3n) is 18.0. The van der Waals surface area contributed by atoms with Crippen molar-refractivity contribution in [3.63, 3.8) is 0 Å². The SMILES string of the molecule is c1ccc2c(c1)B1c3ccc(N(c4ccc5c(c4)-c4ccccc4B4c6ccccc6-c6ccccc6N45)c4ccc5c(c4)-c4ccccc4B4c6ccccc6-c6ccccc6N45)cc3-c3ccccc3N1c1ccccc1-2. The van der Waals surface area contributed by atoms with E-state index in [1.165, 1.54) is 134 Å². The highest BCUT2D eigenvalue weighted by atomic mass is 15.2. The molecule has 362 valence electrons. The van der Waals surface area contributed by atoms with Crippen LogP contribution >= 0.6 is 0 Å². The van der Waals surface area contributed by atoms with Crippen LogP contribution in [0, 0.1) is 0 Å². The highest BCUT2D eigenvalue weighted by molar-refractivity contribution is 6.94. The normalized spacial score (nSPS) is 13.7. The first-order valence-corrected chi connectivity index (χ1v) is 27.7. The van der Waals surface area contributed by atoms with Crippen molar-refractivity contribution in [1.29, 1.82) is 0 Å². The van der Waals surface area contributed by atoms with E-state index in [1.54, 1.807) is 0 Å². The Kier molecular flexibility index (Phi) is 8.90. The Balaban J connectivity index is 0.873. The molecular weight excluding hydrogens is 953 g/mol. The minimum atomic E-state index is -0.00464. The average molecular weight is 999 g/mol. The third-order valence-corrected chi connectivity index (χ3v) is 18.0. The Morgan fingerprint density at radius 1 is 0.190 bits per heavy atom. The highest BCUT2D eigenvalue weighted by Crippen LogP contribution is 2.53. The molecule has 6 heterocycles. The van der Waals surface area contributed by atoms with E-state index < -0.39 is 0 Å². The second-order valence-electron chi connectivity index (χ2n) is 21.8. The van der Waals surface area contributed by atoms with Crippen LogP contribution < -0.4 is 52.1 Å². The van der Waals surface area contributed by atoms with Crippen molar-refractivity contribution < 1.29 is 0 Å². The van der Waals surface area contributed by atoms with Gasteiger partial charge in [0.05, 0.1) is 0 Å². The summed E-state index contributed by atoms with van der Waals surface area (Å²) in [5.74, 6) is 0. The van der Waals surface area contributed by atoms with Gasteiger partial charge in [-0.1, -0.05) is 200 Å². The van der Waals surface area contributed by atoms with Crippen LogP contribution in [0.5, 0.6) is 0 Å². The Bertz CT molecular complexity index is 4140. The fourth-order valence-corrected chi connectivity index (χ4v) is 14.9. The molecule has 6 aliphatic heterocycles. The van der Waals surface area contributed by atoms with E-state index in [4.69, 9.17) is 0 Å². The molecule has 0 unspecified atom stereocenters. The topological polar surface area (TPSA) is 13.0 Å².